The number of hydrogen-bond acceptors (Lipinski definition) is 3. The first-order valence-corrected chi connectivity index (χ1v) is 8.29. The largest absolute Gasteiger partial charge is 0.297 e. The third kappa shape index (κ3) is 3.57. The van der Waals surface area contributed by atoms with Crippen molar-refractivity contribution in [3.8, 4) is 0 Å². The second-order valence-electron chi connectivity index (χ2n) is 5.75. The summed E-state index contributed by atoms with van der Waals surface area (Å²) in [5, 5.41) is 0. The van der Waals surface area contributed by atoms with E-state index in [0.29, 0.717) is 11.8 Å². The molecule has 106 valence electrons. The molecule has 0 bridgehead atoms. The monoisotopic (exact) mass is 282 g/mol. The van der Waals surface area contributed by atoms with Crippen LogP contribution < -0.4 is 0 Å². The number of benzene rings is 1. The first kappa shape index (κ1) is 14.5. The average molecular weight is 282 g/mol. The van der Waals surface area contributed by atoms with Crippen LogP contribution in [0.1, 0.15) is 38.7 Å². The van der Waals surface area contributed by atoms with Gasteiger partial charge in [-0.3, -0.25) is 4.18 Å². The Kier molecular flexibility index (Phi) is 4.31. The van der Waals surface area contributed by atoms with Crippen molar-refractivity contribution < 1.29 is 12.6 Å². The predicted molar refractivity (Wildman–Crippen MR) is 75.4 cm³/mol. The van der Waals surface area contributed by atoms with Crippen LogP contribution in [0.2, 0.25) is 0 Å². The van der Waals surface area contributed by atoms with Crippen molar-refractivity contribution in [1.82, 2.24) is 0 Å². The molecule has 4 heteroatoms. The molecule has 1 aromatic carbocycles. The molecular weight excluding hydrogens is 260 g/mol. The molecule has 3 unspecified atom stereocenters. The molecule has 0 heterocycles. The van der Waals surface area contributed by atoms with Crippen LogP contribution in [0, 0.1) is 18.8 Å². The summed E-state index contributed by atoms with van der Waals surface area (Å²) in [6.07, 6.45) is 2.52. The lowest BCUT2D eigenvalue weighted by Gasteiger charge is -2.31. The summed E-state index contributed by atoms with van der Waals surface area (Å²) in [6.45, 7) is 6.31. The minimum atomic E-state index is -3.62. The van der Waals surface area contributed by atoms with Crippen LogP contribution in [0.25, 0.3) is 0 Å². The van der Waals surface area contributed by atoms with E-state index in [2.05, 4.69) is 13.8 Å². The van der Waals surface area contributed by atoms with Crippen LogP contribution in [0.15, 0.2) is 29.2 Å². The Balaban J connectivity index is 2.07. The molecule has 1 fully saturated rings. The van der Waals surface area contributed by atoms with Gasteiger partial charge in [0.15, 0.2) is 0 Å². The molecule has 3 nitrogen and oxygen atoms in total. The van der Waals surface area contributed by atoms with Crippen LogP contribution in [0.5, 0.6) is 0 Å². The molecule has 0 N–H and O–H groups in total. The van der Waals surface area contributed by atoms with E-state index in [4.69, 9.17) is 4.18 Å². The van der Waals surface area contributed by atoms with Gasteiger partial charge >= 0.3 is 0 Å². The zero-order valence-corrected chi connectivity index (χ0v) is 12.6. The highest BCUT2D eigenvalue weighted by atomic mass is 32.2. The van der Waals surface area contributed by atoms with Gasteiger partial charge in [0.05, 0.1) is 11.0 Å². The molecule has 1 aliphatic carbocycles. The Bertz CT molecular complexity index is 519. The molecular formula is C15H22O3S. The van der Waals surface area contributed by atoms with Crippen LogP contribution in [-0.4, -0.2) is 14.5 Å². The molecule has 1 saturated carbocycles. The molecule has 0 saturated heterocycles. The SMILES string of the molecule is Cc1ccc(S(=O)(=O)OC2CCC(C)C(C)C2)cc1. The van der Waals surface area contributed by atoms with Gasteiger partial charge in [-0.1, -0.05) is 31.5 Å². The molecule has 0 aliphatic heterocycles. The summed E-state index contributed by atoms with van der Waals surface area (Å²) in [5.74, 6) is 1.17. The molecule has 3 atom stereocenters. The van der Waals surface area contributed by atoms with Crippen molar-refractivity contribution in [1.29, 1.82) is 0 Å². The summed E-state index contributed by atoms with van der Waals surface area (Å²) in [5.41, 5.74) is 1.04. The molecule has 0 spiro atoms. The molecule has 0 amide bonds. The van der Waals surface area contributed by atoms with Gasteiger partial charge in [0.2, 0.25) is 0 Å². The summed E-state index contributed by atoms with van der Waals surface area (Å²) in [6, 6.07) is 6.81. The Morgan fingerprint density at radius 3 is 2.26 bits per heavy atom. The predicted octanol–water partition coefficient (Wildman–Crippen LogP) is 3.53. The summed E-state index contributed by atoms with van der Waals surface area (Å²) in [4.78, 5) is 0.254. The Labute approximate surface area is 116 Å². The van der Waals surface area contributed by atoms with Crippen molar-refractivity contribution in [2.24, 2.45) is 11.8 Å². The van der Waals surface area contributed by atoms with Crippen LogP contribution >= 0.6 is 0 Å². The van der Waals surface area contributed by atoms with Gasteiger partial charge in [-0.2, -0.15) is 8.42 Å². The van der Waals surface area contributed by atoms with Crippen molar-refractivity contribution >= 4 is 10.1 Å². The summed E-state index contributed by atoms with van der Waals surface area (Å²) in [7, 11) is -3.62. The van der Waals surface area contributed by atoms with Gasteiger partial charge in [0.1, 0.15) is 0 Å². The van der Waals surface area contributed by atoms with Crippen molar-refractivity contribution in [2.45, 2.75) is 51.0 Å². The van der Waals surface area contributed by atoms with Gasteiger partial charge in [0, 0.05) is 0 Å². The standard InChI is InChI=1S/C15H22O3S/c1-11-4-8-15(9-5-11)19(16,17)18-14-7-6-12(2)13(3)10-14/h4-5,8-9,12-14H,6-7,10H2,1-3H3. The third-order valence-electron chi connectivity index (χ3n) is 4.12. The maximum Gasteiger partial charge on any atom is 0.297 e. The average Bonchev–Trinajstić information content (AvgIpc) is 2.34. The second kappa shape index (κ2) is 5.63. The fraction of sp³-hybridized carbons (Fsp3) is 0.600. The maximum atomic E-state index is 12.2. The summed E-state index contributed by atoms with van der Waals surface area (Å²) < 4.78 is 29.8. The lowest BCUT2D eigenvalue weighted by atomic mass is 9.80. The molecule has 2 rings (SSSR count). The van der Waals surface area contributed by atoms with Gasteiger partial charge in [-0.05, 0) is 50.2 Å². The maximum absolute atomic E-state index is 12.2. The topological polar surface area (TPSA) is 43.4 Å². The van der Waals surface area contributed by atoms with Crippen molar-refractivity contribution in [3.63, 3.8) is 0 Å². The highest BCUT2D eigenvalue weighted by Gasteiger charge is 2.29. The third-order valence-corrected chi connectivity index (χ3v) is 5.50. The molecule has 1 aliphatic rings. The van der Waals surface area contributed by atoms with Crippen LogP contribution in [0.3, 0.4) is 0 Å². The van der Waals surface area contributed by atoms with Gasteiger partial charge in [0.25, 0.3) is 10.1 Å². The second-order valence-corrected chi connectivity index (χ2v) is 7.33. The Hall–Kier alpha value is -0.870. The van der Waals surface area contributed by atoms with E-state index in [-0.39, 0.29) is 11.0 Å². The fourth-order valence-electron chi connectivity index (χ4n) is 2.53. The minimum absolute atomic E-state index is 0.169. The van der Waals surface area contributed by atoms with E-state index in [9.17, 15) is 8.42 Å². The van der Waals surface area contributed by atoms with Crippen LogP contribution in [-0.2, 0) is 14.3 Å². The number of aryl methyl sites for hydroxylation is 1. The van der Waals surface area contributed by atoms with E-state index in [1.165, 1.54) is 0 Å². The lowest BCUT2D eigenvalue weighted by molar-refractivity contribution is 0.106. The van der Waals surface area contributed by atoms with E-state index < -0.39 is 10.1 Å². The number of rotatable bonds is 3. The summed E-state index contributed by atoms with van der Waals surface area (Å²) >= 11 is 0. The van der Waals surface area contributed by atoms with E-state index in [0.717, 1.165) is 24.8 Å². The Morgan fingerprint density at radius 2 is 1.68 bits per heavy atom. The fourth-order valence-corrected chi connectivity index (χ4v) is 3.64. The molecule has 19 heavy (non-hydrogen) atoms. The minimum Gasteiger partial charge on any atom is -0.263 e. The zero-order valence-electron chi connectivity index (χ0n) is 11.8. The lowest BCUT2D eigenvalue weighted by Crippen LogP contribution is -2.28. The Morgan fingerprint density at radius 1 is 1.05 bits per heavy atom. The van der Waals surface area contributed by atoms with E-state index in [1.807, 2.05) is 6.92 Å². The van der Waals surface area contributed by atoms with Gasteiger partial charge < -0.3 is 0 Å². The van der Waals surface area contributed by atoms with Crippen molar-refractivity contribution in [3.05, 3.63) is 29.8 Å². The first-order chi connectivity index (χ1) is 8.88. The van der Waals surface area contributed by atoms with Crippen LogP contribution in [0.4, 0.5) is 0 Å². The molecule has 0 radical (unpaired) electrons. The number of hydrogen-bond donors (Lipinski definition) is 0. The smallest absolute Gasteiger partial charge is 0.263 e. The molecule has 1 aromatic rings. The molecule has 0 aromatic heterocycles. The van der Waals surface area contributed by atoms with E-state index >= 15 is 0 Å². The highest BCUT2D eigenvalue weighted by Crippen LogP contribution is 2.32. The van der Waals surface area contributed by atoms with Gasteiger partial charge in [-0.25, -0.2) is 0 Å². The normalized spacial score (nSPS) is 28.3. The first-order valence-electron chi connectivity index (χ1n) is 6.88. The highest BCUT2D eigenvalue weighted by molar-refractivity contribution is 7.86. The van der Waals surface area contributed by atoms with Crippen molar-refractivity contribution in [2.75, 3.05) is 0 Å². The zero-order chi connectivity index (χ0) is 14.0. The van der Waals surface area contributed by atoms with Gasteiger partial charge in [-0.15, -0.1) is 0 Å². The van der Waals surface area contributed by atoms with E-state index in [1.54, 1.807) is 24.3 Å². The quantitative estimate of drug-likeness (QED) is 0.797.